The number of hydrogen-bond acceptors (Lipinski definition) is 4. The molecule has 0 aliphatic carbocycles. The summed E-state index contributed by atoms with van der Waals surface area (Å²) in [5, 5.41) is 11.5. The van der Waals surface area contributed by atoms with Crippen molar-refractivity contribution < 1.29 is 14.3 Å². The Morgan fingerprint density at radius 3 is 3.00 bits per heavy atom. The van der Waals surface area contributed by atoms with E-state index in [-0.39, 0.29) is 12.0 Å². The summed E-state index contributed by atoms with van der Waals surface area (Å²) in [4.78, 5) is 14.5. The van der Waals surface area contributed by atoms with Gasteiger partial charge in [-0.15, -0.1) is 0 Å². The van der Waals surface area contributed by atoms with Crippen molar-refractivity contribution in [3.63, 3.8) is 0 Å². The largest absolute Gasteiger partial charge is 0.480 e. The lowest BCUT2D eigenvalue weighted by molar-refractivity contribution is -0.136. The molecule has 0 aliphatic heterocycles. The molecule has 0 unspecified atom stereocenters. The maximum Gasteiger partial charge on any atom is 0.317 e. The second-order valence-electron chi connectivity index (χ2n) is 4.92. The predicted molar refractivity (Wildman–Crippen MR) is 67.5 cm³/mol. The summed E-state index contributed by atoms with van der Waals surface area (Å²) in [6, 6.07) is 5.85. The number of carboxylic acid groups (broad SMARTS) is 1. The smallest absolute Gasteiger partial charge is 0.317 e. The third kappa shape index (κ3) is 2.68. The number of fused-ring (bicyclic) bond motifs is 1. The Labute approximate surface area is 105 Å². The Bertz CT molecular complexity index is 560. The number of rotatable bonds is 5. The Hall–Kier alpha value is -1.88. The van der Waals surface area contributed by atoms with Gasteiger partial charge in [-0.25, -0.2) is 4.98 Å². The Kier molecular flexibility index (Phi) is 3.34. The van der Waals surface area contributed by atoms with Gasteiger partial charge in [-0.1, -0.05) is 19.9 Å². The molecule has 5 heteroatoms. The Morgan fingerprint density at radius 1 is 1.50 bits per heavy atom. The van der Waals surface area contributed by atoms with Gasteiger partial charge in [-0.2, -0.15) is 0 Å². The average molecular weight is 248 g/mol. The molecule has 5 nitrogen and oxygen atoms in total. The summed E-state index contributed by atoms with van der Waals surface area (Å²) in [5.74, 6) is -0.850. The van der Waals surface area contributed by atoms with Crippen LogP contribution in [0.4, 0.5) is 0 Å². The van der Waals surface area contributed by atoms with Crippen LogP contribution in [-0.4, -0.2) is 29.1 Å². The van der Waals surface area contributed by atoms with Crippen LogP contribution >= 0.6 is 0 Å². The van der Waals surface area contributed by atoms with Gasteiger partial charge < -0.3 is 14.8 Å². The van der Waals surface area contributed by atoms with Crippen molar-refractivity contribution in [3.05, 3.63) is 30.2 Å². The second kappa shape index (κ2) is 4.78. The minimum Gasteiger partial charge on any atom is -0.480 e. The number of aliphatic carboxylic acids is 1. The van der Waals surface area contributed by atoms with E-state index in [0.29, 0.717) is 6.54 Å². The third-order valence-electron chi connectivity index (χ3n) is 2.96. The van der Waals surface area contributed by atoms with Gasteiger partial charge in [0.15, 0.2) is 12.0 Å². The highest BCUT2D eigenvalue weighted by Gasteiger charge is 2.21. The number of carboxylic acids is 1. The number of benzene rings is 1. The minimum atomic E-state index is -0.850. The van der Waals surface area contributed by atoms with E-state index in [2.05, 4.69) is 24.1 Å². The molecule has 0 aliphatic rings. The fourth-order valence-corrected chi connectivity index (χ4v) is 1.86. The number of oxazole rings is 1. The van der Waals surface area contributed by atoms with E-state index in [1.165, 1.54) is 6.39 Å². The molecule has 0 amide bonds. The molecule has 2 N–H and O–H groups in total. The third-order valence-corrected chi connectivity index (χ3v) is 2.96. The van der Waals surface area contributed by atoms with Gasteiger partial charge in [0.2, 0.25) is 0 Å². The average Bonchev–Trinajstić information content (AvgIpc) is 2.74. The van der Waals surface area contributed by atoms with Crippen molar-refractivity contribution in [1.29, 1.82) is 0 Å². The molecule has 2 aromatic rings. The predicted octanol–water partition coefficient (Wildman–Crippen LogP) is 1.78. The van der Waals surface area contributed by atoms with Gasteiger partial charge in [0.1, 0.15) is 5.52 Å². The normalized spacial score (nSPS) is 11.9. The van der Waals surface area contributed by atoms with E-state index >= 15 is 0 Å². The van der Waals surface area contributed by atoms with Gasteiger partial charge in [-0.3, -0.25) is 4.79 Å². The molecule has 2 rings (SSSR count). The summed E-state index contributed by atoms with van der Waals surface area (Å²) in [6.45, 7) is 4.66. The van der Waals surface area contributed by atoms with E-state index < -0.39 is 5.97 Å². The summed E-state index contributed by atoms with van der Waals surface area (Å²) in [5.41, 5.74) is 2.49. The molecule has 0 saturated heterocycles. The van der Waals surface area contributed by atoms with Crippen molar-refractivity contribution in [2.75, 3.05) is 13.1 Å². The minimum absolute atomic E-state index is 0.0337. The lowest BCUT2D eigenvalue weighted by Gasteiger charge is -2.25. The zero-order valence-corrected chi connectivity index (χ0v) is 10.4. The van der Waals surface area contributed by atoms with E-state index in [1.807, 2.05) is 18.2 Å². The van der Waals surface area contributed by atoms with Crippen LogP contribution in [0.1, 0.15) is 19.4 Å². The number of carbonyl (C=O) groups is 1. The number of nitrogens with one attached hydrogen (secondary N) is 1. The summed E-state index contributed by atoms with van der Waals surface area (Å²) >= 11 is 0. The quantitative estimate of drug-likeness (QED) is 0.843. The Morgan fingerprint density at radius 2 is 2.28 bits per heavy atom. The van der Waals surface area contributed by atoms with Crippen LogP contribution in [0.15, 0.2) is 29.0 Å². The zero-order valence-electron chi connectivity index (χ0n) is 10.4. The first kappa shape index (κ1) is 12.6. The summed E-state index contributed by atoms with van der Waals surface area (Å²) < 4.78 is 5.27. The lowest BCUT2D eigenvalue weighted by atomic mass is 9.84. The fourth-order valence-electron chi connectivity index (χ4n) is 1.86. The molecule has 0 bridgehead atoms. The SMILES string of the molecule is CC(C)(CNCC(=O)O)c1ccc2ncoc2c1. The molecule has 18 heavy (non-hydrogen) atoms. The van der Waals surface area contributed by atoms with Crippen LogP contribution in [0, 0.1) is 0 Å². The van der Waals surface area contributed by atoms with Crippen molar-refractivity contribution in [2.24, 2.45) is 0 Å². The van der Waals surface area contributed by atoms with E-state index in [4.69, 9.17) is 9.52 Å². The number of hydrogen-bond donors (Lipinski definition) is 2. The fraction of sp³-hybridized carbons (Fsp3) is 0.385. The molecule has 1 heterocycles. The molecule has 0 radical (unpaired) electrons. The highest BCUT2D eigenvalue weighted by molar-refractivity contribution is 5.73. The highest BCUT2D eigenvalue weighted by Crippen LogP contribution is 2.25. The van der Waals surface area contributed by atoms with Crippen molar-refractivity contribution in [2.45, 2.75) is 19.3 Å². The van der Waals surface area contributed by atoms with Crippen LogP contribution in [0.3, 0.4) is 0 Å². The van der Waals surface area contributed by atoms with Gasteiger partial charge >= 0.3 is 5.97 Å². The number of nitrogens with zero attached hydrogens (tertiary/aromatic N) is 1. The van der Waals surface area contributed by atoms with Crippen LogP contribution in [0.5, 0.6) is 0 Å². The topological polar surface area (TPSA) is 75.4 Å². The van der Waals surface area contributed by atoms with Crippen molar-refractivity contribution in [3.8, 4) is 0 Å². The van der Waals surface area contributed by atoms with Crippen LogP contribution in [-0.2, 0) is 10.2 Å². The summed E-state index contributed by atoms with van der Waals surface area (Å²) in [7, 11) is 0. The van der Waals surface area contributed by atoms with Crippen LogP contribution in [0.2, 0.25) is 0 Å². The number of aromatic nitrogens is 1. The molecule has 0 atom stereocenters. The van der Waals surface area contributed by atoms with E-state index in [9.17, 15) is 4.79 Å². The van der Waals surface area contributed by atoms with Gasteiger partial charge in [0.05, 0.1) is 6.54 Å². The van der Waals surface area contributed by atoms with Crippen molar-refractivity contribution in [1.82, 2.24) is 10.3 Å². The van der Waals surface area contributed by atoms with E-state index in [0.717, 1.165) is 16.7 Å². The summed E-state index contributed by atoms with van der Waals surface area (Å²) in [6.07, 6.45) is 1.42. The molecule has 0 fully saturated rings. The van der Waals surface area contributed by atoms with E-state index in [1.54, 1.807) is 0 Å². The Balaban J connectivity index is 2.14. The molecular weight excluding hydrogens is 232 g/mol. The highest BCUT2D eigenvalue weighted by atomic mass is 16.4. The molecule has 1 aromatic heterocycles. The first-order chi connectivity index (χ1) is 8.49. The first-order valence-corrected chi connectivity index (χ1v) is 5.75. The van der Waals surface area contributed by atoms with Crippen LogP contribution in [0.25, 0.3) is 11.1 Å². The molecular formula is C13H16N2O3. The standard InChI is InChI=1S/C13H16N2O3/c1-13(2,7-14-6-12(16)17)9-3-4-10-11(5-9)18-8-15-10/h3-5,8,14H,6-7H2,1-2H3,(H,16,17). The monoisotopic (exact) mass is 248 g/mol. The zero-order chi connectivity index (χ0) is 13.2. The molecule has 1 aromatic carbocycles. The maximum absolute atomic E-state index is 10.5. The van der Waals surface area contributed by atoms with Crippen molar-refractivity contribution >= 4 is 17.1 Å². The van der Waals surface area contributed by atoms with Gasteiger partial charge in [0, 0.05) is 12.0 Å². The molecule has 0 spiro atoms. The molecule has 96 valence electrons. The lowest BCUT2D eigenvalue weighted by Crippen LogP contribution is -2.35. The van der Waals surface area contributed by atoms with Gasteiger partial charge in [-0.05, 0) is 17.7 Å². The van der Waals surface area contributed by atoms with Crippen LogP contribution < -0.4 is 5.32 Å². The molecule has 0 saturated carbocycles. The van der Waals surface area contributed by atoms with Gasteiger partial charge in [0.25, 0.3) is 0 Å². The second-order valence-corrected chi connectivity index (χ2v) is 4.92. The first-order valence-electron chi connectivity index (χ1n) is 5.75. The maximum atomic E-state index is 10.5.